The van der Waals surface area contributed by atoms with E-state index in [0.717, 1.165) is 25.0 Å². The normalized spacial score (nSPS) is 17.5. The Balaban J connectivity index is 2.11. The Hall–Kier alpha value is -2.92. The first-order chi connectivity index (χ1) is 11.0. The highest BCUT2D eigenvalue weighted by molar-refractivity contribution is 6.01. The van der Waals surface area contributed by atoms with Gasteiger partial charge in [-0.2, -0.15) is 5.26 Å². The summed E-state index contributed by atoms with van der Waals surface area (Å²) in [6.45, 7) is 0.962. The molecule has 1 saturated heterocycles. The number of rotatable bonds is 5. The van der Waals surface area contributed by atoms with Crippen molar-refractivity contribution in [3.63, 3.8) is 0 Å². The van der Waals surface area contributed by atoms with Gasteiger partial charge in [-0.05, 0) is 30.2 Å². The van der Waals surface area contributed by atoms with Gasteiger partial charge in [0.1, 0.15) is 11.6 Å². The number of hydrogen-bond donors (Lipinski definition) is 1. The molecule has 0 aromatic heterocycles. The minimum atomic E-state index is -0.802. The van der Waals surface area contributed by atoms with E-state index in [1.165, 1.54) is 12.1 Å². The lowest BCUT2D eigenvalue weighted by Crippen LogP contribution is -2.32. The second-order valence-electron chi connectivity index (χ2n) is 5.00. The van der Waals surface area contributed by atoms with Crippen LogP contribution in [-0.4, -0.2) is 30.1 Å². The van der Waals surface area contributed by atoms with Crippen LogP contribution in [0.4, 0.5) is 5.69 Å². The van der Waals surface area contributed by atoms with Crippen molar-refractivity contribution in [1.29, 1.82) is 5.26 Å². The fourth-order valence-electron chi connectivity index (χ4n) is 2.19. The number of nitrogens with one attached hydrogen (secondary N) is 1. The molecule has 23 heavy (non-hydrogen) atoms. The zero-order valence-electron chi connectivity index (χ0n) is 12.2. The summed E-state index contributed by atoms with van der Waals surface area (Å²) in [4.78, 5) is 21.9. The molecule has 0 saturated carbocycles. The molecule has 1 N–H and O–H groups in total. The third-order valence-electron chi connectivity index (χ3n) is 3.37. The molecule has 0 aliphatic carbocycles. The molecule has 120 valence electrons. The molecule has 1 aliphatic rings. The maximum atomic E-state index is 12.0. The zero-order chi connectivity index (χ0) is 16.8. The van der Waals surface area contributed by atoms with E-state index in [1.807, 2.05) is 0 Å². The summed E-state index contributed by atoms with van der Waals surface area (Å²) < 4.78 is 5.36. The van der Waals surface area contributed by atoms with Gasteiger partial charge in [-0.25, -0.2) is 0 Å². The molecule has 1 aliphatic heterocycles. The highest BCUT2D eigenvalue weighted by atomic mass is 16.6. The fourth-order valence-corrected chi connectivity index (χ4v) is 2.19. The molecular weight excluding hydrogens is 302 g/mol. The lowest BCUT2D eigenvalue weighted by atomic mass is 10.1. The van der Waals surface area contributed by atoms with Crippen LogP contribution in [0.3, 0.4) is 0 Å². The Morgan fingerprint density at radius 3 is 2.96 bits per heavy atom. The van der Waals surface area contributed by atoms with Crippen molar-refractivity contribution in [2.24, 2.45) is 0 Å². The van der Waals surface area contributed by atoms with Crippen LogP contribution in [0.1, 0.15) is 18.4 Å². The van der Waals surface area contributed by atoms with Crippen LogP contribution in [0.2, 0.25) is 0 Å². The molecule has 0 radical (unpaired) electrons. The summed E-state index contributed by atoms with van der Waals surface area (Å²) in [6, 6.07) is 5.13. The van der Waals surface area contributed by atoms with Gasteiger partial charge >= 0.3 is 0 Å². The standard InChI is InChI=1S/C15H15N3O5/c16-8-11(15(20)17-9-12-2-1-5-23-12)6-10-3-4-14(19)13(7-10)18(21)22/h3-4,6-7,12,19H,1-2,5,9H2,(H,17,20)/p-1/b11-6+/t12-/m1/s1. The summed E-state index contributed by atoms with van der Waals surface area (Å²) in [5.41, 5.74) is -0.563. The third-order valence-corrected chi connectivity index (χ3v) is 3.37. The van der Waals surface area contributed by atoms with E-state index in [2.05, 4.69) is 5.32 Å². The number of carbonyl (C=O) groups is 1. The topological polar surface area (TPSA) is 128 Å². The molecule has 1 aromatic carbocycles. The molecule has 1 heterocycles. The predicted molar refractivity (Wildman–Crippen MR) is 78.1 cm³/mol. The first kappa shape index (κ1) is 16.5. The third kappa shape index (κ3) is 4.28. The molecule has 0 bridgehead atoms. The van der Waals surface area contributed by atoms with Crippen molar-refractivity contribution < 1.29 is 19.6 Å². The van der Waals surface area contributed by atoms with Crippen molar-refractivity contribution in [1.82, 2.24) is 5.32 Å². The van der Waals surface area contributed by atoms with E-state index in [1.54, 1.807) is 6.07 Å². The predicted octanol–water partition coefficient (Wildman–Crippen LogP) is 0.871. The van der Waals surface area contributed by atoms with E-state index >= 15 is 0 Å². The van der Waals surface area contributed by atoms with Gasteiger partial charge in [0.05, 0.1) is 11.0 Å². The van der Waals surface area contributed by atoms with Crippen LogP contribution in [0.5, 0.6) is 5.75 Å². The number of benzene rings is 1. The van der Waals surface area contributed by atoms with Crippen molar-refractivity contribution in [3.8, 4) is 11.8 Å². The smallest absolute Gasteiger partial charge is 0.262 e. The number of amides is 1. The van der Waals surface area contributed by atoms with Crippen LogP contribution in [0.15, 0.2) is 23.8 Å². The van der Waals surface area contributed by atoms with Gasteiger partial charge in [0.2, 0.25) is 0 Å². The van der Waals surface area contributed by atoms with Crippen molar-refractivity contribution >= 4 is 17.7 Å². The SMILES string of the molecule is N#C/C(=C\c1ccc([O-])c([N+](=O)[O-])c1)C(=O)NC[C@H]1CCCO1. The monoisotopic (exact) mass is 316 g/mol. The molecular formula is C15H14N3O5-. The van der Waals surface area contributed by atoms with E-state index in [0.29, 0.717) is 13.2 Å². The molecule has 1 aromatic rings. The quantitative estimate of drug-likeness (QED) is 0.371. The number of nitro groups is 1. The summed E-state index contributed by atoms with van der Waals surface area (Å²) in [5.74, 6) is -1.31. The summed E-state index contributed by atoms with van der Waals surface area (Å²) in [6.07, 6.45) is 2.94. The molecule has 0 spiro atoms. The summed E-state index contributed by atoms with van der Waals surface area (Å²) in [7, 11) is 0. The van der Waals surface area contributed by atoms with Gasteiger partial charge in [-0.15, -0.1) is 0 Å². The van der Waals surface area contributed by atoms with Gasteiger partial charge in [0.25, 0.3) is 11.6 Å². The van der Waals surface area contributed by atoms with Crippen molar-refractivity contribution in [3.05, 3.63) is 39.4 Å². The Bertz CT molecular complexity index is 687. The average molecular weight is 316 g/mol. The van der Waals surface area contributed by atoms with Gasteiger partial charge in [-0.1, -0.05) is 12.1 Å². The average Bonchev–Trinajstić information content (AvgIpc) is 3.04. The molecule has 1 atom stereocenters. The number of nitrogens with zero attached hydrogens (tertiary/aromatic N) is 2. The van der Waals surface area contributed by atoms with Crippen LogP contribution >= 0.6 is 0 Å². The van der Waals surface area contributed by atoms with Gasteiger partial charge in [-0.3, -0.25) is 14.9 Å². The van der Waals surface area contributed by atoms with Crippen LogP contribution in [0.25, 0.3) is 6.08 Å². The minimum Gasteiger partial charge on any atom is -0.868 e. The van der Waals surface area contributed by atoms with Crippen LogP contribution in [-0.2, 0) is 9.53 Å². The lowest BCUT2D eigenvalue weighted by molar-refractivity contribution is -0.398. The number of hydrogen-bond acceptors (Lipinski definition) is 6. The Labute approximate surface area is 132 Å². The van der Waals surface area contributed by atoms with Crippen LogP contribution < -0.4 is 10.4 Å². The molecule has 1 amide bonds. The highest BCUT2D eigenvalue weighted by Gasteiger charge is 2.17. The molecule has 1 fully saturated rings. The Kier molecular flexibility index (Phi) is 5.28. The largest absolute Gasteiger partial charge is 0.868 e. The highest BCUT2D eigenvalue weighted by Crippen LogP contribution is 2.24. The number of carbonyl (C=O) groups excluding carboxylic acids is 1. The lowest BCUT2D eigenvalue weighted by Gasteiger charge is -2.10. The number of nitriles is 1. The van der Waals surface area contributed by atoms with E-state index in [-0.39, 0.29) is 17.2 Å². The van der Waals surface area contributed by atoms with E-state index < -0.39 is 22.3 Å². The maximum absolute atomic E-state index is 12.0. The van der Waals surface area contributed by atoms with E-state index in [4.69, 9.17) is 10.00 Å². The molecule has 8 heteroatoms. The first-order valence-corrected chi connectivity index (χ1v) is 6.98. The second-order valence-corrected chi connectivity index (χ2v) is 5.00. The number of ether oxygens (including phenoxy) is 1. The molecule has 8 nitrogen and oxygen atoms in total. The summed E-state index contributed by atoms with van der Waals surface area (Å²) >= 11 is 0. The fraction of sp³-hybridized carbons (Fsp3) is 0.333. The Morgan fingerprint density at radius 1 is 1.57 bits per heavy atom. The van der Waals surface area contributed by atoms with Crippen molar-refractivity contribution in [2.75, 3.05) is 13.2 Å². The second kappa shape index (κ2) is 7.38. The Morgan fingerprint density at radius 2 is 2.35 bits per heavy atom. The van der Waals surface area contributed by atoms with Gasteiger partial charge in [0, 0.05) is 19.2 Å². The maximum Gasteiger partial charge on any atom is 0.262 e. The number of nitro benzene ring substituents is 1. The van der Waals surface area contributed by atoms with Crippen LogP contribution in [0, 0.1) is 21.4 Å². The van der Waals surface area contributed by atoms with Crippen molar-refractivity contribution in [2.45, 2.75) is 18.9 Å². The minimum absolute atomic E-state index is 0.0558. The van der Waals surface area contributed by atoms with E-state index in [9.17, 15) is 20.0 Å². The first-order valence-electron chi connectivity index (χ1n) is 6.98. The molecule has 2 rings (SSSR count). The van der Waals surface area contributed by atoms with Gasteiger partial charge in [0.15, 0.2) is 0 Å². The van der Waals surface area contributed by atoms with Gasteiger partial charge < -0.3 is 15.2 Å². The zero-order valence-corrected chi connectivity index (χ0v) is 12.2. The molecule has 0 unspecified atom stereocenters. The summed E-state index contributed by atoms with van der Waals surface area (Å²) in [5, 5.41) is 33.7.